The fourth-order valence-electron chi connectivity index (χ4n) is 8.61. The van der Waals surface area contributed by atoms with Crippen LogP contribution in [0.25, 0.3) is 10.9 Å². The number of nitrogens with two attached hydrogens (primary N) is 2. The van der Waals surface area contributed by atoms with Gasteiger partial charge in [-0.1, -0.05) is 60.7 Å². The summed E-state index contributed by atoms with van der Waals surface area (Å²) in [4.78, 5) is 138. The maximum absolute atomic E-state index is 14.4. The van der Waals surface area contributed by atoms with Crippen LogP contribution in [0.2, 0.25) is 0 Å². The van der Waals surface area contributed by atoms with E-state index in [2.05, 4.69) is 46.4 Å². The fourth-order valence-corrected chi connectivity index (χ4v) is 9.90. The van der Waals surface area contributed by atoms with Crippen LogP contribution in [0, 0.1) is 0 Å². The number of hydrogen-bond acceptors (Lipinski definition) is 22. The normalized spacial score (nSPS) is 15.1. The van der Waals surface area contributed by atoms with Gasteiger partial charge in [-0.3, -0.25) is 52.5 Å². The van der Waals surface area contributed by atoms with Crippen molar-refractivity contribution in [1.82, 2.24) is 42.2 Å². The first-order valence-electron chi connectivity index (χ1n) is 27.3. The van der Waals surface area contributed by atoms with E-state index in [9.17, 15) is 81.9 Å². The first kappa shape index (κ1) is 73.5. The quantitative estimate of drug-likeness (QED) is 0.0148. The zero-order valence-electron chi connectivity index (χ0n) is 48.1. The highest BCUT2D eigenvalue weighted by Crippen LogP contribution is 2.21. The van der Waals surface area contributed by atoms with Crippen LogP contribution < -0.4 is 52.9 Å². The molecule has 0 bridgehead atoms. The number of nitrogens with one attached hydrogen (secondary N) is 8. The first-order chi connectivity index (χ1) is 42.2. The third-order valence-corrected chi connectivity index (χ3v) is 15.0. The van der Waals surface area contributed by atoms with E-state index in [-0.39, 0.29) is 48.5 Å². The molecule has 0 radical (unpaired) electrons. The van der Waals surface area contributed by atoms with Crippen LogP contribution in [0.5, 0.6) is 5.75 Å². The summed E-state index contributed by atoms with van der Waals surface area (Å²) >= 11 is 2.55. The molecular formula is C55H74N10O21S3. The molecule has 0 aliphatic heterocycles. The topological polar surface area (TPSA) is 517 Å². The number of carbonyl (C=O) groups is 10. The number of para-hydroxylation sites is 1. The smallest absolute Gasteiger partial charge is 0.446 e. The van der Waals surface area contributed by atoms with E-state index in [4.69, 9.17) is 25.9 Å². The minimum atomic E-state index is -4.95. The van der Waals surface area contributed by atoms with E-state index in [1.54, 1.807) is 73.3 Å². The number of carboxylic acids is 1. The summed E-state index contributed by atoms with van der Waals surface area (Å²) < 4.78 is 41.2. The molecule has 34 heteroatoms. The maximum atomic E-state index is 14.4. The van der Waals surface area contributed by atoms with Gasteiger partial charge < -0.3 is 93.2 Å². The summed E-state index contributed by atoms with van der Waals surface area (Å²) in [5, 5.41) is 76.5. The summed E-state index contributed by atoms with van der Waals surface area (Å²) in [6, 6.07) is 9.24. The Hall–Kier alpha value is -7.93. The molecule has 0 saturated carbocycles. The van der Waals surface area contributed by atoms with Gasteiger partial charge in [0, 0.05) is 36.4 Å². The highest BCUT2D eigenvalue weighted by Gasteiger charge is 2.36. The lowest BCUT2D eigenvalue weighted by atomic mass is 10.0. The van der Waals surface area contributed by atoms with E-state index in [0.717, 1.165) is 12.1 Å². The number of thioether (sulfide) groups is 2. The van der Waals surface area contributed by atoms with Crippen LogP contribution in [0.4, 0.5) is 0 Å². The number of carboxylic acid groups (broad SMARTS) is 1. The predicted octanol–water partition coefficient (Wildman–Crippen LogP) is -4.43. The molecule has 0 fully saturated rings. The summed E-state index contributed by atoms with van der Waals surface area (Å²) in [6.07, 6.45) is -5.73. The van der Waals surface area contributed by atoms with Crippen LogP contribution >= 0.6 is 23.5 Å². The molecule has 4 rings (SSSR count). The van der Waals surface area contributed by atoms with Crippen molar-refractivity contribution in [1.29, 1.82) is 0 Å². The lowest BCUT2D eigenvalue weighted by molar-refractivity contribution is -0.171. The number of aliphatic hydroxyl groups is 5. The molecule has 0 spiro atoms. The van der Waals surface area contributed by atoms with Crippen molar-refractivity contribution in [2.45, 2.75) is 112 Å². The second-order valence-corrected chi connectivity index (χ2v) is 23.1. The Morgan fingerprint density at radius 1 is 0.607 bits per heavy atom. The van der Waals surface area contributed by atoms with Crippen molar-refractivity contribution >= 4 is 104 Å². The van der Waals surface area contributed by atoms with Gasteiger partial charge in [-0.15, -0.1) is 0 Å². The second kappa shape index (κ2) is 36.5. The number of aromatic nitrogens is 1. The van der Waals surface area contributed by atoms with Crippen LogP contribution in [0.15, 0.2) is 85.1 Å². The number of benzene rings is 3. The number of esters is 1. The Labute approximate surface area is 518 Å². The zero-order chi connectivity index (χ0) is 66.0. The van der Waals surface area contributed by atoms with Gasteiger partial charge in [-0.2, -0.15) is 31.9 Å². The van der Waals surface area contributed by atoms with E-state index in [1.807, 2.05) is 0 Å². The van der Waals surface area contributed by atoms with Crippen molar-refractivity contribution in [3.63, 3.8) is 0 Å². The lowest BCUT2D eigenvalue weighted by Crippen LogP contribution is -2.59. The van der Waals surface area contributed by atoms with Gasteiger partial charge in [0.15, 0.2) is 6.10 Å². The molecule has 1 heterocycles. The van der Waals surface area contributed by atoms with Crippen molar-refractivity contribution in [2.75, 3.05) is 43.8 Å². The molecule has 31 nitrogen and oxygen atoms in total. The molecule has 19 N–H and O–H groups in total. The van der Waals surface area contributed by atoms with Crippen LogP contribution in [-0.4, -0.2) is 218 Å². The molecule has 89 heavy (non-hydrogen) atoms. The van der Waals surface area contributed by atoms with Gasteiger partial charge in [-0.25, -0.2) is 0 Å². The summed E-state index contributed by atoms with van der Waals surface area (Å²) in [5.41, 5.74) is 13.6. The highest BCUT2D eigenvalue weighted by molar-refractivity contribution is 7.98. The third kappa shape index (κ3) is 24.9. The van der Waals surface area contributed by atoms with E-state index < -0.39 is 175 Å². The van der Waals surface area contributed by atoms with Crippen LogP contribution in [0.3, 0.4) is 0 Å². The zero-order valence-corrected chi connectivity index (χ0v) is 50.6. The number of amides is 8. The minimum Gasteiger partial charge on any atom is -0.481 e. The Morgan fingerprint density at radius 2 is 1.12 bits per heavy atom. The number of primary amides is 1. The molecule has 0 aliphatic rings. The molecule has 4 aromatic rings. The molecule has 0 unspecified atom stereocenters. The number of H-pyrrole nitrogens is 1. The maximum Gasteiger partial charge on any atom is 0.446 e. The molecule has 0 saturated heterocycles. The largest absolute Gasteiger partial charge is 0.481 e. The fraction of sp³-hybridized carbons (Fsp3) is 0.455. The Balaban J connectivity index is 1.55. The Morgan fingerprint density at radius 3 is 1.70 bits per heavy atom. The average molecular weight is 1310 g/mol. The van der Waals surface area contributed by atoms with E-state index in [1.165, 1.54) is 35.7 Å². The number of carbonyl (C=O) groups excluding carboxylic acids is 9. The number of ether oxygens (including phenoxy) is 1. The van der Waals surface area contributed by atoms with E-state index >= 15 is 0 Å². The monoisotopic (exact) mass is 1310 g/mol. The molecule has 0 aliphatic carbocycles. The summed E-state index contributed by atoms with van der Waals surface area (Å²) in [7, 11) is -4.95. The Bertz CT molecular complexity index is 3160. The summed E-state index contributed by atoms with van der Waals surface area (Å²) in [5.74, 6) is -10.7. The number of fused-ring (bicyclic) bond motifs is 1. The van der Waals surface area contributed by atoms with Crippen molar-refractivity contribution in [2.24, 2.45) is 11.5 Å². The van der Waals surface area contributed by atoms with Gasteiger partial charge >= 0.3 is 22.3 Å². The average Bonchev–Trinajstić information content (AvgIpc) is 3.01. The third-order valence-electron chi connectivity index (χ3n) is 13.3. The molecule has 3 aromatic carbocycles. The molecule has 11 atom stereocenters. The van der Waals surface area contributed by atoms with Gasteiger partial charge in [-0.05, 0) is 71.7 Å². The predicted molar refractivity (Wildman–Crippen MR) is 321 cm³/mol. The lowest BCUT2D eigenvalue weighted by Gasteiger charge is -2.28. The SMILES string of the molecule is CSCC[C@H](NC(=O)[C@H](Cc1ccc(OS(=O)(=O)O)cc1)NC(=O)[C@@H](N)CC(=O)O[C@H](CO)[C@@H](O)[C@H](O)[C@@H](O)CO)C(=O)NCC(=O)N[C@@H](Cc1c[nH]c2ccccc12)C(=O)N[C@@H](CCSC)C(=O)N[C@@H](CC(=O)O)C(=O)N[C@@H](Cc1ccccc1)C(N)=O. The summed E-state index contributed by atoms with van der Waals surface area (Å²) in [6.45, 7) is -2.92. The second-order valence-electron chi connectivity index (χ2n) is 20.1. The van der Waals surface area contributed by atoms with E-state index in [0.29, 0.717) is 22.0 Å². The first-order valence-corrected chi connectivity index (χ1v) is 31.5. The van der Waals surface area contributed by atoms with Crippen LogP contribution in [0.1, 0.15) is 42.4 Å². The number of aliphatic hydroxyl groups excluding tert-OH is 5. The van der Waals surface area contributed by atoms with Gasteiger partial charge in [0.1, 0.15) is 60.3 Å². The number of aromatic amines is 1. The van der Waals surface area contributed by atoms with Gasteiger partial charge in [0.2, 0.25) is 47.3 Å². The number of hydrogen-bond donors (Lipinski definition) is 17. The van der Waals surface area contributed by atoms with Gasteiger partial charge in [0.05, 0.1) is 38.6 Å². The van der Waals surface area contributed by atoms with Crippen molar-refractivity contribution in [3.8, 4) is 5.75 Å². The van der Waals surface area contributed by atoms with Crippen LogP contribution in [-0.2, 0) is 82.3 Å². The highest BCUT2D eigenvalue weighted by atomic mass is 32.3. The Kier molecular flexibility index (Phi) is 30.2. The standard InChI is InChI=1S/C55H74N10O21S3/c1-87-18-16-36(61-53(79)39(21-30-12-14-32(15-13-30)86-89(82,83)84)64-50(76)34(56)23-46(72)85-43(28-67)48(74)47(73)42(68)27-66)51(77)59-26-44(69)60-40(22-31-25-58-35-11-7-6-10-33(31)35)54(80)62-37(17-19-88-2)52(78)65-41(24-45(70)71)55(81)63-38(49(57)75)20-29-8-4-3-5-9-29/h3-15,25,34,36-43,47-48,58,66-68,73-74H,16-24,26-28,56H2,1-2H3,(H2,57,75)(H,59,77)(H,60,69)(H,61,79)(H,62,80)(H,63,81)(H,64,76)(H,65,78)(H,70,71)(H,82,83,84)/t34-,36-,37-,38-,39-,40-,41-,42-,43+,47+,48+/m0/s1. The molecule has 8 amide bonds. The number of rotatable bonds is 39. The van der Waals surface area contributed by atoms with Crippen molar-refractivity contribution < 1.29 is 100 Å². The minimum absolute atomic E-state index is 0.0598. The molecule has 1 aromatic heterocycles. The van der Waals surface area contributed by atoms with Gasteiger partial charge in [0.25, 0.3) is 0 Å². The molecular weight excluding hydrogens is 1230 g/mol. The van der Waals surface area contributed by atoms with Crippen molar-refractivity contribution in [3.05, 3.63) is 102 Å². The molecule has 488 valence electrons. The number of aliphatic carboxylic acids is 1.